The van der Waals surface area contributed by atoms with Crippen molar-refractivity contribution in [2.75, 3.05) is 6.61 Å². The summed E-state index contributed by atoms with van der Waals surface area (Å²) in [7, 11) is 0. The Balaban J connectivity index is 3.56. The third kappa shape index (κ3) is 15.6. The molecule has 0 aromatic rings. The van der Waals surface area contributed by atoms with Gasteiger partial charge in [0.15, 0.2) is 0 Å². The molecule has 5 heteroatoms. The molecule has 0 aromatic carbocycles. The van der Waals surface area contributed by atoms with Crippen molar-refractivity contribution in [3.63, 3.8) is 0 Å². The summed E-state index contributed by atoms with van der Waals surface area (Å²) in [5, 5.41) is 29.9. The molecule has 3 atom stereocenters. The van der Waals surface area contributed by atoms with Crippen LogP contribution in [0.5, 0.6) is 0 Å². The summed E-state index contributed by atoms with van der Waals surface area (Å²) in [4.78, 5) is 11.3. The average molecular weight is 375 g/mol. The van der Waals surface area contributed by atoms with E-state index in [1.807, 2.05) is 6.92 Å². The van der Waals surface area contributed by atoms with Crippen LogP contribution in [0.25, 0.3) is 0 Å². The first-order valence-electron chi connectivity index (χ1n) is 10.7. The van der Waals surface area contributed by atoms with Crippen LogP contribution in [0, 0.1) is 0 Å². The standard InChI is InChI=1S/C21H42O5/c1-3-5-6-10-13-18(22)17-20(24)19(23)14-11-8-7-9-12-15-21(25)26-16-4-2/h18-20,22-24H,3-17H2,1-2H3. The predicted molar refractivity (Wildman–Crippen MR) is 105 cm³/mol. The zero-order valence-electron chi connectivity index (χ0n) is 17.0. The molecule has 0 aliphatic rings. The predicted octanol–water partition coefficient (Wildman–Crippen LogP) is 4.11. The average Bonchev–Trinajstić information content (AvgIpc) is 2.62. The summed E-state index contributed by atoms with van der Waals surface area (Å²) in [5.74, 6) is -0.112. The number of unbranched alkanes of at least 4 members (excludes halogenated alkanes) is 7. The Morgan fingerprint density at radius 3 is 2.08 bits per heavy atom. The lowest BCUT2D eigenvalue weighted by Gasteiger charge is -2.20. The Morgan fingerprint density at radius 2 is 1.38 bits per heavy atom. The van der Waals surface area contributed by atoms with Crippen molar-refractivity contribution in [2.45, 2.75) is 122 Å². The lowest BCUT2D eigenvalue weighted by atomic mass is 9.98. The third-order valence-corrected chi connectivity index (χ3v) is 4.70. The van der Waals surface area contributed by atoms with Gasteiger partial charge in [0, 0.05) is 12.8 Å². The van der Waals surface area contributed by atoms with Gasteiger partial charge in [-0.1, -0.05) is 65.2 Å². The fraction of sp³-hybridized carbons (Fsp3) is 0.952. The molecule has 26 heavy (non-hydrogen) atoms. The molecule has 0 saturated heterocycles. The topological polar surface area (TPSA) is 87.0 Å². The van der Waals surface area contributed by atoms with Gasteiger partial charge in [-0.2, -0.15) is 0 Å². The van der Waals surface area contributed by atoms with Crippen LogP contribution in [0.4, 0.5) is 0 Å². The second-order valence-electron chi connectivity index (χ2n) is 7.40. The largest absolute Gasteiger partial charge is 0.466 e. The third-order valence-electron chi connectivity index (χ3n) is 4.70. The van der Waals surface area contributed by atoms with Gasteiger partial charge in [-0.15, -0.1) is 0 Å². The smallest absolute Gasteiger partial charge is 0.305 e. The summed E-state index contributed by atoms with van der Waals surface area (Å²) < 4.78 is 5.02. The molecule has 5 nitrogen and oxygen atoms in total. The molecule has 0 heterocycles. The van der Waals surface area contributed by atoms with Crippen molar-refractivity contribution in [3.05, 3.63) is 0 Å². The molecule has 3 N–H and O–H groups in total. The fourth-order valence-electron chi connectivity index (χ4n) is 2.99. The molecule has 0 aliphatic heterocycles. The molecule has 0 radical (unpaired) electrons. The van der Waals surface area contributed by atoms with Gasteiger partial charge in [-0.05, 0) is 25.7 Å². The first kappa shape index (κ1) is 25.4. The normalized spacial score (nSPS) is 14.8. The zero-order valence-corrected chi connectivity index (χ0v) is 17.0. The summed E-state index contributed by atoms with van der Waals surface area (Å²) in [6.07, 6.45) is 9.84. The van der Waals surface area contributed by atoms with Crippen molar-refractivity contribution < 1.29 is 24.9 Å². The highest BCUT2D eigenvalue weighted by molar-refractivity contribution is 5.69. The van der Waals surface area contributed by atoms with Crippen molar-refractivity contribution in [3.8, 4) is 0 Å². The van der Waals surface area contributed by atoms with Gasteiger partial charge in [0.1, 0.15) is 0 Å². The van der Waals surface area contributed by atoms with Gasteiger partial charge in [0.25, 0.3) is 0 Å². The van der Waals surface area contributed by atoms with Gasteiger partial charge in [-0.3, -0.25) is 4.79 Å². The Hall–Kier alpha value is -0.650. The van der Waals surface area contributed by atoms with E-state index in [0.29, 0.717) is 25.9 Å². The van der Waals surface area contributed by atoms with Crippen molar-refractivity contribution in [1.29, 1.82) is 0 Å². The highest BCUT2D eigenvalue weighted by Crippen LogP contribution is 2.15. The molecular formula is C21H42O5. The number of hydrogen-bond acceptors (Lipinski definition) is 5. The molecule has 3 unspecified atom stereocenters. The van der Waals surface area contributed by atoms with E-state index in [2.05, 4.69) is 6.92 Å². The first-order chi connectivity index (χ1) is 12.5. The molecule has 0 fully saturated rings. The van der Waals surface area contributed by atoms with Crippen molar-refractivity contribution in [2.24, 2.45) is 0 Å². The highest BCUT2D eigenvalue weighted by atomic mass is 16.5. The van der Waals surface area contributed by atoms with Gasteiger partial charge in [0.05, 0.1) is 24.9 Å². The highest BCUT2D eigenvalue weighted by Gasteiger charge is 2.19. The lowest BCUT2D eigenvalue weighted by molar-refractivity contribution is -0.143. The molecule has 0 aromatic heterocycles. The quantitative estimate of drug-likeness (QED) is 0.248. The van der Waals surface area contributed by atoms with E-state index in [1.165, 1.54) is 12.8 Å². The number of carbonyl (C=O) groups excluding carboxylic acids is 1. The number of carbonyl (C=O) groups is 1. The van der Waals surface area contributed by atoms with Crippen LogP contribution >= 0.6 is 0 Å². The second-order valence-corrected chi connectivity index (χ2v) is 7.40. The second kappa shape index (κ2) is 17.7. The Morgan fingerprint density at radius 1 is 0.769 bits per heavy atom. The van der Waals surface area contributed by atoms with Crippen LogP contribution in [0.2, 0.25) is 0 Å². The van der Waals surface area contributed by atoms with Crippen molar-refractivity contribution >= 4 is 5.97 Å². The Labute approximate surface area is 160 Å². The van der Waals surface area contributed by atoms with Gasteiger partial charge in [0.2, 0.25) is 0 Å². The van der Waals surface area contributed by atoms with Gasteiger partial charge < -0.3 is 20.1 Å². The number of aliphatic hydroxyl groups excluding tert-OH is 3. The maximum atomic E-state index is 11.3. The number of rotatable bonds is 18. The minimum absolute atomic E-state index is 0.112. The SMILES string of the molecule is CCCCCCC(O)CC(O)C(O)CCCCCCCC(=O)OCCC. The van der Waals surface area contributed by atoms with Crippen LogP contribution in [-0.4, -0.2) is 46.2 Å². The van der Waals surface area contributed by atoms with E-state index in [0.717, 1.165) is 51.4 Å². The van der Waals surface area contributed by atoms with Gasteiger partial charge in [-0.25, -0.2) is 0 Å². The van der Waals surface area contributed by atoms with E-state index in [1.54, 1.807) is 0 Å². The lowest BCUT2D eigenvalue weighted by Crippen LogP contribution is -2.30. The maximum absolute atomic E-state index is 11.3. The summed E-state index contributed by atoms with van der Waals surface area (Å²) >= 11 is 0. The molecule has 0 rings (SSSR count). The molecule has 0 aliphatic carbocycles. The van der Waals surface area contributed by atoms with Crippen LogP contribution in [0.3, 0.4) is 0 Å². The molecule has 0 bridgehead atoms. The maximum Gasteiger partial charge on any atom is 0.305 e. The van der Waals surface area contributed by atoms with E-state index in [-0.39, 0.29) is 12.4 Å². The van der Waals surface area contributed by atoms with Crippen LogP contribution in [0.1, 0.15) is 104 Å². The molecule has 0 saturated carbocycles. The van der Waals surface area contributed by atoms with Crippen molar-refractivity contribution in [1.82, 2.24) is 0 Å². The van der Waals surface area contributed by atoms with E-state index >= 15 is 0 Å². The van der Waals surface area contributed by atoms with Crippen LogP contribution in [-0.2, 0) is 9.53 Å². The van der Waals surface area contributed by atoms with Crippen LogP contribution < -0.4 is 0 Å². The number of esters is 1. The summed E-state index contributed by atoms with van der Waals surface area (Å²) in [5.41, 5.74) is 0. The van der Waals surface area contributed by atoms with Crippen LogP contribution in [0.15, 0.2) is 0 Å². The minimum Gasteiger partial charge on any atom is -0.466 e. The summed E-state index contributed by atoms with van der Waals surface area (Å²) in [6.45, 7) is 4.64. The molecule has 156 valence electrons. The number of hydrogen-bond donors (Lipinski definition) is 3. The van der Waals surface area contributed by atoms with E-state index in [9.17, 15) is 20.1 Å². The zero-order chi connectivity index (χ0) is 19.6. The van der Waals surface area contributed by atoms with Gasteiger partial charge >= 0.3 is 5.97 Å². The molecule has 0 amide bonds. The number of ether oxygens (including phenoxy) is 1. The fourth-order valence-corrected chi connectivity index (χ4v) is 2.99. The minimum atomic E-state index is -0.843. The van der Waals surface area contributed by atoms with E-state index < -0.39 is 18.3 Å². The molecule has 0 spiro atoms. The monoisotopic (exact) mass is 374 g/mol. The molecular weight excluding hydrogens is 332 g/mol. The Kier molecular flexibility index (Phi) is 17.3. The Bertz CT molecular complexity index is 322. The first-order valence-corrected chi connectivity index (χ1v) is 10.7. The van der Waals surface area contributed by atoms with E-state index in [4.69, 9.17) is 4.74 Å². The number of aliphatic hydroxyl groups is 3. The summed E-state index contributed by atoms with van der Waals surface area (Å²) in [6, 6.07) is 0.